The first-order chi connectivity index (χ1) is 12.4. The Morgan fingerprint density at radius 3 is 2.46 bits per heavy atom. The van der Waals surface area contributed by atoms with Crippen molar-refractivity contribution in [1.29, 1.82) is 0 Å². The highest BCUT2D eigenvalue weighted by molar-refractivity contribution is 6.30. The van der Waals surface area contributed by atoms with Crippen LogP contribution in [-0.4, -0.2) is 25.0 Å². The first-order valence-corrected chi connectivity index (χ1v) is 8.87. The molecule has 2 aromatic rings. The Morgan fingerprint density at radius 2 is 1.81 bits per heavy atom. The number of benzene rings is 2. The lowest BCUT2D eigenvalue weighted by Gasteiger charge is -2.18. The number of hydrogen-bond donors (Lipinski definition) is 2. The van der Waals surface area contributed by atoms with Crippen molar-refractivity contribution in [3.63, 3.8) is 0 Å². The van der Waals surface area contributed by atoms with Gasteiger partial charge in [0.2, 0.25) is 11.8 Å². The van der Waals surface area contributed by atoms with Crippen molar-refractivity contribution in [1.82, 2.24) is 10.6 Å². The van der Waals surface area contributed by atoms with Crippen molar-refractivity contribution in [2.24, 2.45) is 0 Å². The van der Waals surface area contributed by atoms with Gasteiger partial charge in [0.1, 0.15) is 12.4 Å². The SMILES string of the molecule is CC(=O)NC(CC(=O)NCCOc1cccc(Cl)c1)c1ccc(Cl)cc1. The minimum absolute atomic E-state index is 0.123. The molecule has 0 aliphatic rings. The molecule has 26 heavy (non-hydrogen) atoms. The zero-order chi connectivity index (χ0) is 18.9. The summed E-state index contributed by atoms with van der Waals surface area (Å²) in [5.74, 6) is 0.250. The Bertz CT molecular complexity index is 751. The predicted octanol–water partition coefficient (Wildman–Crippen LogP) is 3.76. The van der Waals surface area contributed by atoms with E-state index < -0.39 is 6.04 Å². The third-order valence-electron chi connectivity index (χ3n) is 3.53. The maximum absolute atomic E-state index is 12.2. The third-order valence-corrected chi connectivity index (χ3v) is 4.02. The maximum Gasteiger partial charge on any atom is 0.222 e. The number of nitrogens with one attached hydrogen (secondary N) is 2. The average molecular weight is 395 g/mol. The Kier molecular flexibility index (Phi) is 7.75. The molecule has 0 saturated carbocycles. The molecule has 1 atom stereocenters. The summed E-state index contributed by atoms with van der Waals surface area (Å²) in [6.07, 6.45) is 0.123. The van der Waals surface area contributed by atoms with Crippen LogP contribution in [0.2, 0.25) is 10.0 Å². The molecule has 0 fully saturated rings. The molecule has 2 N–H and O–H groups in total. The standard InChI is InChI=1S/C19H20Cl2N2O3/c1-13(24)23-18(14-5-7-15(20)8-6-14)12-19(25)22-9-10-26-17-4-2-3-16(21)11-17/h2-8,11,18H,9-10,12H2,1H3,(H,22,25)(H,23,24). The van der Waals surface area contributed by atoms with Crippen LogP contribution >= 0.6 is 23.2 Å². The smallest absolute Gasteiger partial charge is 0.222 e. The van der Waals surface area contributed by atoms with Crippen LogP contribution in [0.5, 0.6) is 5.75 Å². The maximum atomic E-state index is 12.2. The van der Waals surface area contributed by atoms with E-state index in [9.17, 15) is 9.59 Å². The van der Waals surface area contributed by atoms with Gasteiger partial charge in [-0.15, -0.1) is 0 Å². The Morgan fingerprint density at radius 1 is 1.08 bits per heavy atom. The molecule has 2 rings (SSSR count). The van der Waals surface area contributed by atoms with Crippen molar-refractivity contribution < 1.29 is 14.3 Å². The molecule has 2 amide bonds. The lowest BCUT2D eigenvalue weighted by molar-refractivity contribution is -0.122. The monoisotopic (exact) mass is 394 g/mol. The molecule has 0 bridgehead atoms. The second-order valence-electron chi connectivity index (χ2n) is 5.66. The number of carbonyl (C=O) groups is 2. The fraction of sp³-hybridized carbons (Fsp3) is 0.263. The van der Waals surface area contributed by atoms with Gasteiger partial charge in [-0.05, 0) is 35.9 Å². The first kappa shape index (κ1) is 20.1. The van der Waals surface area contributed by atoms with Crippen LogP contribution in [0.3, 0.4) is 0 Å². The second kappa shape index (κ2) is 10.0. The van der Waals surface area contributed by atoms with Crippen LogP contribution < -0.4 is 15.4 Å². The Hall–Kier alpha value is -2.24. The van der Waals surface area contributed by atoms with E-state index in [-0.39, 0.29) is 18.2 Å². The molecule has 0 radical (unpaired) electrons. The van der Waals surface area contributed by atoms with Crippen molar-refractivity contribution in [2.75, 3.05) is 13.2 Å². The second-order valence-corrected chi connectivity index (χ2v) is 6.54. The van der Waals surface area contributed by atoms with Crippen molar-refractivity contribution in [3.8, 4) is 5.75 Å². The van der Waals surface area contributed by atoms with Gasteiger partial charge in [-0.3, -0.25) is 9.59 Å². The molecule has 2 aromatic carbocycles. The summed E-state index contributed by atoms with van der Waals surface area (Å²) in [5, 5.41) is 6.74. The predicted molar refractivity (Wildman–Crippen MR) is 103 cm³/mol. The summed E-state index contributed by atoms with van der Waals surface area (Å²) in [6, 6.07) is 13.7. The summed E-state index contributed by atoms with van der Waals surface area (Å²) in [7, 11) is 0. The highest BCUT2D eigenvalue weighted by atomic mass is 35.5. The van der Waals surface area contributed by atoms with E-state index in [4.69, 9.17) is 27.9 Å². The highest BCUT2D eigenvalue weighted by Gasteiger charge is 2.17. The van der Waals surface area contributed by atoms with E-state index in [2.05, 4.69) is 10.6 Å². The molecular formula is C19H20Cl2N2O3. The first-order valence-electron chi connectivity index (χ1n) is 8.11. The number of carbonyl (C=O) groups excluding carboxylic acids is 2. The molecule has 1 unspecified atom stereocenters. The normalized spacial score (nSPS) is 11.5. The van der Waals surface area contributed by atoms with Gasteiger partial charge in [-0.1, -0.05) is 41.4 Å². The molecule has 0 saturated heterocycles. The molecular weight excluding hydrogens is 375 g/mol. The van der Waals surface area contributed by atoms with Crippen molar-refractivity contribution in [2.45, 2.75) is 19.4 Å². The van der Waals surface area contributed by atoms with Gasteiger partial charge in [0.25, 0.3) is 0 Å². The van der Waals surface area contributed by atoms with E-state index in [0.717, 1.165) is 5.56 Å². The molecule has 0 aliphatic carbocycles. The summed E-state index contributed by atoms with van der Waals surface area (Å²) < 4.78 is 5.52. The van der Waals surface area contributed by atoms with Gasteiger partial charge in [0.15, 0.2) is 0 Å². The summed E-state index contributed by atoms with van der Waals surface area (Å²) in [6.45, 7) is 2.08. The molecule has 0 aliphatic heterocycles. The van der Waals surface area contributed by atoms with Gasteiger partial charge in [0, 0.05) is 17.0 Å². The van der Waals surface area contributed by atoms with Crippen molar-refractivity contribution in [3.05, 3.63) is 64.1 Å². The van der Waals surface area contributed by atoms with Gasteiger partial charge in [-0.25, -0.2) is 0 Å². The summed E-state index contributed by atoms with van der Waals surface area (Å²) >= 11 is 11.8. The number of rotatable bonds is 8. The van der Waals surface area contributed by atoms with Crippen LogP contribution in [0.25, 0.3) is 0 Å². The minimum atomic E-state index is -0.418. The highest BCUT2D eigenvalue weighted by Crippen LogP contribution is 2.20. The van der Waals surface area contributed by atoms with Gasteiger partial charge < -0.3 is 15.4 Å². The lowest BCUT2D eigenvalue weighted by atomic mass is 10.0. The zero-order valence-electron chi connectivity index (χ0n) is 14.3. The number of hydrogen-bond acceptors (Lipinski definition) is 3. The van der Waals surface area contributed by atoms with Crippen LogP contribution in [0.1, 0.15) is 24.9 Å². The molecule has 5 nitrogen and oxygen atoms in total. The van der Waals surface area contributed by atoms with E-state index in [1.807, 2.05) is 0 Å². The van der Waals surface area contributed by atoms with Gasteiger partial charge in [-0.2, -0.15) is 0 Å². The van der Waals surface area contributed by atoms with E-state index >= 15 is 0 Å². The quantitative estimate of drug-likeness (QED) is 0.669. The minimum Gasteiger partial charge on any atom is -0.492 e. The Balaban J connectivity index is 1.82. The molecule has 0 heterocycles. The van der Waals surface area contributed by atoms with Gasteiger partial charge in [0.05, 0.1) is 19.0 Å². The fourth-order valence-electron chi connectivity index (χ4n) is 2.37. The van der Waals surface area contributed by atoms with Gasteiger partial charge >= 0.3 is 0 Å². The Labute approximate surface area is 162 Å². The lowest BCUT2D eigenvalue weighted by Crippen LogP contribution is -2.34. The van der Waals surface area contributed by atoms with E-state index in [1.54, 1.807) is 48.5 Å². The van der Waals surface area contributed by atoms with Crippen LogP contribution in [0, 0.1) is 0 Å². The number of amides is 2. The molecule has 7 heteroatoms. The van der Waals surface area contributed by atoms with Crippen LogP contribution in [0.15, 0.2) is 48.5 Å². The van der Waals surface area contributed by atoms with Crippen LogP contribution in [-0.2, 0) is 9.59 Å². The fourth-order valence-corrected chi connectivity index (χ4v) is 2.67. The topological polar surface area (TPSA) is 67.4 Å². The van der Waals surface area contributed by atoms with E-state index in [1.165, 1.54) is 6.92 Å². The molecule has 0 aromatic heterocycles. The number of halogens is 2. The third kappa shape index (κ3) is 6.94. The zero-order valence-corrected chi connectivity index (χ0v) is 15.8. The summed E-state index contributed by atoms with van der Waals surface area (Å²) in [5.41, 5.74) is 0.815. The summed E-state index contributed by atoms with van der Waals surface area (Å²) in [4.78, 5) is 23.6. The molecule has 0 spiro atoms. The molecule has 138 valence electrons. The average Bonchev–Trinajstić information content (AvgIpc) is 2.58. The van der Waals surface area contributed by atoms with E-state index in [0.29, 0.717) is 28.9 Å². The van der Waals surface area contributed by atoms with Crippen LogP contribution in [0.4, 0.5) is 0 Å². The number of ether oxygens (including phenoxy) is 1. The van der Waals surface area contributed by atoms with Crippen molar-refractivity contribution >= 4 is 35.0 Å². The largest absolute Gasteiger partial charge is 0.492 e.